The fourth-order valence-electron chi connectivity index (χ4n) is 5.15. The Kier molecular flexibility index (Phi) is 3.22. The van der Waals surface area contributed by atoms with Crippen molar-refractivity contribution in [1.82, 2.24) is 0 Å². The third-order valence-electron chi connectivity index (χ3n) is 6.08. The van der Waals surface area contributed by atoms with Crippen LogP contribution in [-0.4, -0.2) is 35.0 Å². The van der Waals surface area contributed by atoms with Crippen LogP contribution in [0.5, 0.6) is 0 Å². The largest absolute Gasteiger partial charge is 0.465 e. The Morgan fingerprint density at radius 3 is 2.70 bits per heavy atom. The molecule has 20 heavy (non-hydrogen) atoms. The number of aliphatic hydroxyl groups is 2. The molecule has 1 saturated heterocycles. The van der Waals surface area contributed by atoms with Crippen molar-refractivity contribution in [2.24, 2.45) is 16.7 Å². The molecule has 5 atom stereocenters. The zero-order valence-corrected chi connectivity index (χ0v) is 12.1. The summed E-state index contributed by atoms with van der Waals surface area (Å²) in [6, 6.07) is 0. The van der Waals surface area contributed by atoms with E-state index < -0.39 is 17.6 Å². The van der Waals surface area contributed by atoms with Crippen LogP contribution >= 0.6 is 0 Å². The maximum absolute atomic E-state index is 12.5. The Morgan fingerprint density at radius 1 is 1.30 bits per heavy atom. The summed E-state index contributed by atoms with van der Waals surface area (Å²) in [7, 11) is 0. The van der Waals surface area contributed by atoms with Gasteiger partial charge >= 0.3 is 5.97 Å². The number of hydrogen-bond acceptors (Lipinski definition) is 4. The Labute approximate surface area is 119 Å². The second kappa shape index (κ2) is 4.57. The Hall–Kier alpha value is -0.870. The van der Waals surface area contributed by atoms with Gasteiger partial charge in [-0.2, -0.15) is 0 Å². The SMILES string of the molecule is C=C(C)C12CCCC3(C(=O)OCC[C@H]3O)C1[C@@H](O)CC2. The van der Waals surface area contributed by atoms with Gasteiger partial charge in [-0.15, -0.1) is 0 Å². The van der Waals surface area contributed by atoms with E-state index in [4.69, 9.17) is 4.74 Å². The smallest absolute Gasteiger partial charge is 0.315 e. The lowest BCUT2D eigenvalue weighted by molar-refractivity contribution is -0.200. The van der Waals surface area contributed by atoms with Crippen LogP contribution < -0.4 is 0 Å². The van der Waals surface area contributed by atoms with Crippen LogP contribution in [0, 0.1) is 16.7 Å². The van der Waals surface area contributed by atoms with Crippen LogP contribution in [0.15, 0.2) is 12.2 Å². The van der Waals surface area contributed by atoms with E-state index in [1.165, 1.54) is 0 Å². The van der Waals surface area contributed by atoms with Gasteiger partial charge in [-0.05, 0) is 38.0 Å². The molecule has 0 aromatic heterocycles. The van der Waals surface area contributed by atoms with Crippen molar-refractivity contribution in [3.8, 4) is 0 Å². The van der Waals surface area contributed by atoms with E-state index in [1.807, 2.05) is 6.92 Å². The zero-order chi connectivity index (χ0) is 14.5. The Morgan fingerprint density at radius 2 is 2.05 bits per heavy atom. The topological polar surface area (TPSA) is 66.8 Å². The van der Waals surface area contributed by atoms with Gasteiger partial charge in [0.15, 0.2) is 0 Å². The number of rotatable bonds is 1. The number of ether oxygens (including phenoxy) is 1. The van der Waals surface area contributed by atoms with E-state index in [1.54, 1.807) is 0 Å². The molecule has 1 spiro atoms. The first kappa shape index (κ1) is 14.1. The van der Waals surface area contributed by atoms with Gasteiger partial charge in [0.1, 0.15) is 0 Å². The number of hydrogen-bond donors (Lipinski definition) is 2. The monoisotopic (exact) mass is 280 g/mol. The second-order valence-electron chi connectivity index (χ2n) is 6.85. The first-order valence-electron chi connectivity index (χ1n) is 7.64. The van der Waals surface area contributed by atoms with Crippen molar-refractivity contribution in [3.63, 3.8) is 0 Å². The molecule has 1 heterocycles. The third kappa shape index (κ3) is 1.58. The minimum absolute atomic E-state index is 0.213. The van der Waals surface area contributed by atoms with E-state index in [0.29, 0.717) is 19.3 Å². The average Bonchev–Trinajstić information content (AvgIpc) is 2.76. The second-order valence-corrected chi connectivity index (χ2v) is 6.85. The molecule has 3 rings (SSSR count). The van der Waals surface area contributed by atoms with Crippen molar-refractivity contribution in [2.45, 2.75) is 57.7 Å². The van der Waals surface area contributed by atoms with E-state index >= 15 is 0 Å². The number of aliphatic hydroxyl groups excluding tert-OH is 2. The highest BCUT2D eigenvalue weighted by Crippen LogP contribution is 2.64. The predicted octanol–water partition coefficient (Wildman–Crippen LogP) is 1.80. The molecule has 3 fully saturated rings. The number of esters is 1. The lowest BCUT2D eigenvalue weighted by Crippen LogP contribution is -2.60. The van der Waals surface area contributed by atoms with Gasteiger partial charge in [-0.1, -0.05) is 18.6 Å². The standard InChI is InChI=1S/C16H24O4/c1-10(2)15-6-3-7-16(13(15)11(17)4-8-15)12(18)5-9-20-14(16)19/h11-13,17-18H,1,3-9H2,2H3/t11-,12+,13?,15?,16?/m0/s1. The molecule has 2 saturated carbocycles. The van der Waals surface area contributed by atoms with Crippen molar-refractivity contribution >= 4 is 5.97 Å². The first-order valence-corrected chi connectivity index (χ1v) is 7.64. The van der Waals surface area contributed by atoms with Gasteiger partial charge < -0.3 is 14.9 Å². The maximum Gasteiger partial charge on any atom is 0.315 e. The number of allylic oxidation sites excluding steroid dienone is 1. The van der Waals surface area contributed by atoms with Crippen LogP contribution in [0.2, 0.25) is 0 Å². The molecule has 2 aliphatic carbocycles. The third-order valence-corrected chi connectivity index (χ3v) is 6.08. The summed E-state index contributed by atoms with van der Waals surface area (Å²) < 4.78 is 5.28. The zero-order valence-electron chi connectivity index (χ0n) is 12.1. The average molecular weight is 280 g/mol. The number of fused-ring (bicyclic) bond motifs is 2. The minimum Gasteiger partial charge on any atom is -0.465 e. The molecule has 3 unspecified atom stereocenters. The molecule has 4 nitrogen and oxygen atoms in total. The molecule has 4 heteroatoms. The van der Waals surface area contributed by atoms with Gasteiger partial charge in [0.05, 0.1) is 24.2 Å². The summed E-state index contributed by atoms with van der Waals surface area (Å²) in [5.74, 6) is -0.559. The minimum atomic E-state index is -0.925. The lowest BCUT2D eigenvalue weighted by atomic mass is 9.51. The quantitative estimate of drug-likeness (QED) is 0.568. The summed E-state index contributed by atoms with van der Waals surface area (Å²) in [6.07, 6.45) is 3.20. The normalized spacial score (nSPS) is 48.0. The molecule has 0 aromatic rings. The van der Waals surface area contributed by atoms with Gasteiger partial charge in [0.2, 0.25) is 0 Å². The van der Waals surface area contributed by atoms with Crippen LogP contribution in [0.3, 0.4) is 0 Å². The molecule has 0 radical (unpaired) electrons. The molecule has 1 aliphatic heterocycles. The highest BCUT2D eigenvalue weighted by atomic mass is 16.5. The van der Waals surface area contributed by atoms with Crippen molar-refractivity contribution in [1.29, 1.82) is 0 Å². The molecule has 0 aromatic carbocycles. The molecular weight excluding hydrogens is 256 g/mol. The molecule has 2 N–H and O–H groups in total. The van der Waals surface area contributed by atoms with E-state index in [-0.39, 0.29) is 23.9 Å². The van der Waals surface area contributed by atoms with Crippen molar-refractivity contribution in [2.75, 3.05) is 6.61 Å². The van der Waals surface area contributed by atoms with Crippen LogP contribution in [0.25, 0.3) is 0 Å². The van der Waals surface area contributed by atoms with Gasteiger partial charge in [0.25, 0.3) is 0 Å². The van der Waals surface area contributed by atoms with E-state index in [9.17, 15) is 15.0 Å². The first-order chi connectivity index (χ1) is 9.45. The van der Waals surface area contributed by atoms with Crippen LogP contribution in [0.1, 0.15) is 45.4 Å². The van der Waals surface area contributed by atoms with Crippen molar-refractivity contribution < 1.29 is 19.7 Å². The lowest BCUT2D eigenvalue weighted by Gasteiger charge is -2.54. The molecule has 112 valence electrons. The highest BCUT2D eigenvalue weighted by Gasteiger charge is 2.66. The highest BCUT2D eigenvalue weighted by molar-refractivity contribution is 5.79. The summed E-state index contributed by atoms with van der Waals surface area (Å²) in [4.78, 5) is 12.5. The fourth-order valence-corrected chi connectivity index (χ4v) is 5.15. The van der Waals surface area contributed by atoms with Gasteiger partial charge in [0, 0.05) is 12.3 Å². The van der Waals surface area contributed by atoms with E-state index in [0.717, 1.165) is 24.8 Å². The molecule has 3 aliphatic rings. The van der Waals surface area contributed by atoms with Gasteiger partial charge in [-0.25, -0.2) is 0 Å². The van der Waals surface area contributed by atoms with Gasteiger partial charge in [-0.3, -0.25) is 4.79 Å². The summed E-state index contributed by atoms with van der Waals surface area (Å²) in [5.41, 5.74) is -0.107. The Bertz CT molecular complexity index is 442. The number of carbonyl (C=O) groups is 1. The fraction of sp³-hybridized carbons (Fsp3) is 0.812. The summed E-state index contributed by atoms with van der Waals surface area (Å²) in [6.45, 7) is 6.40. The molecule has 0 amide bonds. The van der Waals surface area contributed by atoms with Crippen molar-refractivity contribution in [3.05, 3.63) is 12.2 Å². The van der Waals surface area contributed by atoms with Crippen LogP contribution in [-0.2, 0) is 9.53 Å². The molecule has 0 bridgehead atoms. The Balaban J connectivity index is 2.11. The maximum atomic E-state index is 12.5. The predicted molar refractivity (Wildman–Crippen MR) is 73.8 cm³/mol. The number of carbonyl (C=O) groups excluding carboxylic acids is 1. The summed E-state index contributed by atoms with van der Waals surface area (Å²) in [5, 5.41) is 21.1. The summed E-state index contributed by atoms with van der Waals surface area (Å²) >= 11 is 0. The van der Waals surface area contributed by atoms with E-state index in [2.05, 4.69) is 6.58 Å². The number of cyclic esters (lactones) is 1. The molecular formula is C16H24O4. The van der Waals surface area contributed by atoms with Crippen LogP contribution in [0.4, 0.5) is 0 Å².